The highest BCUT2D eigenvalue weighted by Gasteiger charge is 2.19. The fourth-order valence-electron chi connectivity index (χ4n) is 8.28. The summed E-state index contributed by atoms with van der Waals surface area (Å²) in [5.41, 5.74) is 0. The van der Waals surface area contributed by atoms with E-state index < -0.39 is 6.10 Å². The van der Waals surface area contributed by atoms with E-state index in [1.165, 1.54) is 103 Å². The minimum absolute atomic E-state index is 0.0838. The van der Waals surface area contributed by atoms with Crippen LogP contribution in [0.2, 0.25) is 0 Å². The number of ether oxygens (including phenoxy) is 3. The molecule has 0 aromatic rings. The molecule has 0 amide bonds. The van der Waals surface area contributed by atoms with Crippen molar-refractivity contribution in [2.45, 2.75) is 284 Å². The van der Waals surface area contributed by atoms with Crippen LogP contribution in [-0.2, 0) is 28.6 Å². The minimum Gasteiger partial charge on any atom is -0.462 e. The zero-order valence-electron chi connectivity index (χ0n) is 47.6. The molecule has 0 saturated heterocycles. The van der Waals surface area contributed by atoms with Gasteiger partial charge in [-0.25, -0.2) is 0 Å². The average Bonchev–Trinajstić information content (AvgIpc) is 3.39. The van der Waals surface area contributed by atoms with Gasteiger partial charge in [0.25, 0.3) is 0 Å². The zero-order chi connectivity index (χ0) is 52.9. The molecular formula is C67H112O6. The molecule has 0 aliphatic heterocycles. The van der Waals surface area contributed by atoms with Crippen LogP contribution >= 0.6 is 0 Å². The van der Waals surface area contributed by atoms with Gasteiger partial charge in [-0.1, -0.05) is 265 Å². The molecule has 0 radical (unpaired) electrons. The number of carbonyl (C=O) groups is 3. The predicted octanol–water partition coefficient (Wildman–Crippen LogP) is 20.7. The van der Waals surface area contributed by atoms with Crippen molar-refractivity contribution in [1.82, 2.24) is 0 Å². The van der Waals surface area contributed by atoms with Crippen LogP contribution in [0.15, 0.2) is 109 Å². The van der Waals surface area contributed by atoms with E-state index in [1.54, 1.807) is 0 Å². The van der Waals surface area contributed by atoms with Gasteiger partial charge >= 0.3 is 17.9 Å². The normalized spacial score (nSPS) is 12.9. The van der Waals surface area contributed by atoms with E-state index in [0.717, 1.165) is 135 Å². The minimum atomic E-state index is -0.786. The van der Waals surface area contributed by atoms with E-state index >= 15 is 0 Å². The second-order valence-corrected chi connectivity index (χ2v) is 19.9. The Kier molecular flexibility index (Phi) is 57.4. The summed E-state index contributed by atoms with van der Waals surface area (Å²) in [6.45, 7) is 6.38. The Bertz CT molecular complexity index is 1490. The molecule has 6 nitrogen and oxygen atoms in total. The first-order chi connectivity index (χ1) is 36.0. The third-order valence-electron chi connectivity index (χ3n) is 12.8. The van der Waals surface area contributed by atoms with Crippen LogP contribution in [0, 0.1) is 0 Å². The SMILES string of the molecule is CC/C=C\C/C=C\C/C=C\C/C=C\C/C=C\C/C=C\CCCCCCCCCCCCCCC(=O)OCC(COC(=O)CCCCCCCCCCC)OC(=O)CCCCCCC/C=C\C/C=C\C/C=C\CC. The van der Waals surface area contributed by atoms with E-state index in [2.05, 4.69) is 130 Å². The van der Waals surface area contributed by atoms with E-state index in [9.17, 15) is 14.4 Å². The predicted molar refractivity (Wildman–Crippen MR) is 316 cm³/mol. The Balaban J connectivity index is 4.17. The topological polar surface area (TPSA) is 78.9 Å². The third-order valence-corrected chi connectivity index (χ3v) is 12.8. The van der Waals surface area contributed by atoms with Gasteiger partial charge in [0.2, 0.25) is 0 Å². The standard InChI is InChI=1S/C67H112O6/c1-4-7-10-13-16-19-21-23-25-26-27-28-29-30-31-32-33-34-35-36-37-38-39-40-42-43-45-48-51-54-57-60-66(69)72-63-64(62-71-65(68)59-56-53-50-47-18-15-12-9-6-3)73-67(70)61-58-55-52-49-46-44-41-24-22-20-17-14-11-8-5-2/h7-8,10-11,16-17,19-20,23-25,27-28,30-31,33-34,41,64H,4-6,9,12-15,18,21-22,26,29,32,35-40,42-63H2,1-3H3/b10-7-,11-8-,19-16-,20-17-,25-23-,28-27-,31-30-,34-33-,41-24-. The molecule has 0 aliphatic carbocycles. The lowest BCUT2D eigenvalue weighted by Gasteiger charge is -2.18. The molecule has 1 atom stereocenters. The van der Waals surface area contributed by atoms with E-state index in [4.69, 9.17) is 14.2 Å². The van der Waals surface area contributed by atoms with Gasteiger partial charge in [-0.2, -0.15) is 0 Å². The smallest absolute Gasteiger partial charge is 0.306 e. The van der Waals surface area contributed by atoms with Crippen molar-refractivity contribution in [3.05, 3.63) is 109 Å². The van der Waals surface area contributed by atoms with E-state index in [1.807, 2.05) is 0 Å². The number of rotatable bonds is 54. The van der Waals surface area contributed by atoms with E-state index in [0.29, 0.717) is 19.3 Å². The van der Waals surface area contributed by atoms with Crippen LogP contribution in [0.5, 0.6) is 0 Å². The second kappa shape index (κ2) is 60.6. The monoisotopic (exact) mass is 1010 g/mol. The van der Waals surface area contributed by atoms with Crippen molar-refractivity contribution >= 4 is 17.9 Å². The molecule has 0 fully saturated rings. The summed E-state index contributed by atoms with van der Waals surface area (Å²) < 4.78 is 16.8. The van der Waals surface area contributed by atoms with Crippen LogP contribution < -0.4 is 0 Å². The Morgan fingerprint density at radius 3 is 0.836 bits per heavy atom. The number of allylic oxidation sites excluding steroid dienone is 18. The highest BCUT2D eigenvalue weighted by Crippen LogP contribution is 2.16. The lowest BCUT2D eigenvalue weighted by Crippen LogP contribution is -2.30. The molecule has 73 heavy (non-hydrogen) atoms. The number of hydrogen-bond acceptors (Lipinski definition) is 6. The molecule has 0 aromatic carbocycles. The first-order valence-corrected chi connectivity index (χ1v) is 30.4. The van der Waals surface area contributed by atoms with Gasteiger partial charge < -0.3 is 14.2 Å². The van der Waals surface area contributed by atoms with Crippen molar-refractivity contribution < 1.29 is 28.6 Å². The Labute approximate surface area is 450 Å². The lowest BCUT2D eigenvalue weighted by molar-refractivity contribution is -0.167. The zero-order valence-corrected chi connectivity index (χ0v) is 47.6. The van der Waals surface area contributed by atoms with Crippen molar-refractivity contribution in [2.24, 2.45) is 0 Å². The number of hydrogen-bond donors (Lipinski definition) is 0. The average molecular weight is 1010 g/mol. The molecular weight excluding hydrogens is 901 g/mol. The molecule has 0 bridgehead atoms. The number of unbranched alkanes of at least 4 members (excludes halogenated alkanes) is 25. The Hall–Kier alpha value is -3.93. The first-order valence-electron chi connectivity index (χ1n) is 30.4. The molecule has 1 unspecified atom stereocenters. The number of carbonyl (C=O) groups excluding carboxylic acids is 3. The highest BCUT2D eigenvalue weighted by molar-refractivity contribution is 5.71. The molecule has 0 aromatic heterocycles. The highest BCUT2D eigenvalue weighted by atomic mass is 16.6. The largest absolute Gasteiger partial charge is 0.462 e. The molecule has 416 valence electrons. The molecule has 0 heterocycles. The van der Waals surface area contributed by atoms with Crippen LogP contribution in [0.1, 0.15) is 278 Å². The lowest BCUT2D eigenvalue weighted by atomic mass is 10.0. The van der Waals surface area contributed by atoms with Gasteiger partial charge in [-0.05, 0) is 103 Å². The van der Waals surface area contributed by atoms with Crippen molar-refractivity contribution in [3.63, 3.8) is 0 Å². The quantitative estimate of drug-likeness (QED) is 0.0261. The molecule has 0 spiro atoms. The molecule has 0 aliphatic rings. The van der Waals surface area contributed by atoms with Crippen molar-refractivity contribution in [3.8, 4) is 0 Å². The van der Waals surface area contributed by atoms with Crippen LogP contribution in [0.4, 0.5) is 0 Å². The molecule has 6 heteroatoms. The second-order valence-electron chi connectivity index (χ2n) is 19.9. The maximum atomic E-state index is 12.8. The van der Waals surface area contributed by atoms with Crippen LogP contribution in [0.25, 0.3) is 0 Å². The summed E-state index contributed by atoms with van der Waals surface area (Å²) in [6.07, 6.45) is 82.5. The first kappa shape index (κ1) is 69.1. The van der Waals surface area contributed by atoms with Gasteiger partial charge in [-0.15, -0.1) is 0 Å². The Morgan fingerprint density at radius 1 is 0.288 bits per heavy atom. The van der Waals surface area contributed by atoms with Crippen LogP contribution in [-0.4, -0.2) is 37.2 Å². The maximum Gasteiger partial charge on any atom is 0.306 e. The van der Waals surface area contributed by atoms with Gasteiger partial charge in [0.1, 0.15) is 13.2 Å². The Morgan fingerprint density at radius 2 is 0.534 bits per heavy atom. The summed E-state index contributed by atoms with van der Waals surface area (Å²) in [5, 5.41) is 0. The summed E-state index contributed by atoms with van der Waals surface area (Å²) >= 11 is 0. The summed E-state index contributed by atoms with van der Waals surface area (Å²) in [4.78, 5) is 38.1. The summed E-state index contributed by atoms with van der Waals surface area (Å²) in [6, 6.07) is 0. The summed E-state index contributed by atoms with van der Waals surface area (Å²) in [7, 11) is 0. The summed E-state index contributed by atoms with van der Waals surface area (Å²) in [5.74, 6) is -0.902. The molecule has 0 saturated carbocycles. The van der Waals surface area contributed by atoms with Gasteiger partial charge in [0.05, 0.1) is 0 Å². The van der Waals surface area contributed by atoms with Crippen molar-refractivity contribution in [1.29, 1.82) is 0 Å². The number of esters is 3. The van der Waals surface area contributed by atoms with Gasteiger partial charge in [0.15, 0.2) is 6.10 Å². The molecule has 0 N–H and O–H groups in total. The fourth-order valence-corrected chi connectivity index (χ4v) is 8.28. The fraction of sp³-hybridized carbons (Fsp3) is 0.687. The maximum absolute atomic E-state index is 12.8. The van der Waals surface area contributed by atoms with Crippen LogP contribution in [0.3, 0.4) is 0 Å². The van der Waals surface area contributed by atoms with E-state index in [-0.39, 0.29) is 31.1 Å². The third kappa shape index (κ3) is 58.8. The molecule has 0 rings (SSSR count). The van der Waals surface area contributed by atoms with Gasteiger partial charge in [-0.3, -0.25) is 14.4 Å². The van der Waals surface area contributed by atoms with Gasteiger partial charge in [0, 0.05) is 19.3 Å². The van der Waals surface area contributed by atoms with Crippen molar-refractivity contribution in [2.75, 3.05) is 13.2 Å².